The van der Waals surface area contributed by atoms with Crippen LogP contribution >= 0.6 is 0 Å². The zero-order chi connectivity index (χ0) is 17.1. The Labute approximate surface area is 136 Å². The van der Waals surface area contributed by atoms with E-state index in [0.29, 0.717) is 6.54 Å². The van der Waals surface area contributed by atoms with Gasteiger partial charge in [-0.15, -0.1) is 0 Å². The maximum Gasteiger partial charge on any atom is 0.347 e. The molecule has 0 bridgehead atoms. The number of nitrogens with one attached hydrogen (secondary N) is 1. The van der Waals surface area contributed by atoms with E-state index < -0.39 is 18.0 Å². The van der Waals surface area contributed by atoms with Crippen molar-refractivity contribution in [2.45, 2.75) is 38.7 Å². The Morgan fingerprint density at radius 2 is 1.83 bits per heavy atom. The van der Waals surface area contributed by atoms with Crippen LogP contribution in [0.25, 0.3) is 0 Å². The first-order valence-corrected chi connectivity index (χ1v) is 7.64. The Kier molecular flexibility index (Phi) is 8.42. The van der Waals surface area contributed by atoms with Gasteiger partial charge in [-0.2, -0.15) is 0 Å². The fraction of sp³-hybridized carbons (Fsp3) is 0.471. The molecule has 0 aliphatic heterocycles. The van der Waals surface area contributed by atoms with Gasteiger partial charge in [0.05, 0.1) is 13.5 Å². The summed E-state index contributed by atoms with van der Waals surface area (Å²) in [7, 11) is 1.24. The second-order valence-corrected chi connectivity index (χ2v) is 5.04. The van der Waals surface area contributed by atoms with Gasteiger partial charge in [0.2, 0.25) is 12.0 Å². The fourth-order valence-corrected chi connectivity index (χ4v) is 1.92. The molecular weight excluding hydrogens is 298 g/mol. The largest absolute Gasteiger partial charge is 0.466 e. The lowest BCUT2D eigenvalue weighted by molar-refractivity contribution is -0.166. The van der Waals surface area contributed by atoms with Crippen molar-refractivity contribution in [1.82, 2.24) is 5.32 Å². The summed E-state index contributed by atoms with van der Waals surface area (Å²) in [5, 5.41) is 2.68. The summed E-state index contributed by atoms with van der Waals surface area (Å²) in [5.41, 5.74) is 0.858. The highest BCUT2D eigenvalue weighted by molar-refractivity contribution is 5.83. The van der Waals surface area contributed by atoms with Gasteiger partial charge in [-0.05, 0) is 12.0 Å². The number of ether oxygens (including phenoxy) is 2. The SMILES string of the molecule is CCCNC(=O)CCC(=O)O[C@@H](Cc1ccccc1)C(=O)OC. The maximum absolute atomic E-state index is 11.8. The molecule has 0 saturated heterocycles. The number of hydrogen-bond acceptors (Lipinski definition) is 5. The monoisotopic (exact) mass is 321 g/mol. The van der Waals surface area contributed by atoms with E-state index in [-0.39, 0.29) is 25.2 Å². The molecule has 0 unspecified atom stereocenters. The van der Waals surface area contributed by atoms with Crippen molar-refractivity contribution in [3.8, 4) is 0 Å². The fourth-order valence-electron chi connectivity index (χ4n) is 1.92. The quantitative estimate of drug-likeness (QED) is 0.699. The molecule has 0 saturated carbocycles. The second-order valence-electron chi connectivity index (χ2n) is 5.04. The number of rotatable bonds is 9. The van der Waals surface area contributed by atoms with Gasteiger partial charge >= 0.3 is 11.9 Å². The molecule has 0 aliphatic carbocycles. The van der Waals surface area contributed by atoms with Gasteiger partial charge in [0.15, 0.2) is 0 Å². The van der Waals surface area contributed by atoms with E-state index in [4.69, 9.17) is 4.74 Å². The molecule has 0 fully saturated rings. The van der Waals surface area contributed by atoms with Crippen molar-refractivity contribution in [3.05, 3.63) is 35.9 Å². The van der Waals surface area contributed by atoms with Crippen molar-refractivity contribution in [3.63, 3.8) is 0 Å². The van der Waals surface area contributed by atoms with Crippen LogP contribution in [-0.4, -0.2) is 37.6 Å². The van der Waals surface area contributed by atoms with Crippen molar-refractivity contribution in [2.75, 3.05) is 13.7 Å². The van der Waals surface area contributed by atoms with Crippen LogP contribution in [0.2, 0.25) is 0 Å². The lowest BCUT2D eigenvalue weighted by Gasteiger charge is -2.15. The van der Waals surface area contributed by atoms with E-state index >= 15 is 0 Å². The predicted octanol–water partition coefficient (Wildman–Crippen LogP) is 1.62. The number of esters is 2. The van der Waals surface area contributed by atoms with Crippen LogP contribution < -0.4 is 5.32 Å². The van der Waals surface area contributed by atoms with E-state index in [0.717, 1.165) is 12.0 Å². The third kappa shape index (κ3) is 7.44. The van der Waals surface area contributed by atoms with Gasteiger partial charge in [-0.1, -0.05) is 37.3 Å². The van der Waals surface area contributed by atoms with E-state index in [1.165, 1.54) is 7.11 Å². The van der Waals surface area contributed by atoms with Crippen LogP contribution in [-0.2, 0) is 30.3 Å². The molecular formula is C17H23NO5. The van der Waals surface area contributed by atoms with Crippen LogP contribution in [0.4, 0.5) is 0 Å². The molecule has 1 aromatic carbocycles. The van der Waals surface area contributed by atoms with Gasteiger partial charge in [0, 0.05) is 19.4 Å². The number of benzene rings is 1. The summed E-state index contributed by atoms with van der Waals surface area (Å²) in [4.78, 5) is 35.0. The number of methoxy groups -OCH3 is 1. The summed E-state index contributed by atoms with van der Waals surface area (Å²) in [5.74, 6) is -1.41. The Hall–Kier alpha value is -2.37. The van der Waals surface area contributed by atoms with Crippen LogP contribution in [0.1, 0.15) is 31.7 Å². The Morgan fingerprint density at radius 3 is 2.43 bits per heavy atom. The van der Waals surface area contributed by atoms with Crippen molar-refractivity contribution in [1.29, 1.82) is 0 Å². The predicted molar refractivity (Wildman–Crippen MR) is 84.6 cm³/mol. The molecule has 6 heteroatoms. The molecule has 1 amide bonds. The summed E-state index contributed by atoms with van der Waals surface area (Å²) < 4.78 is 9.84. The Balaban J connectivity index is 2.51. The Bertz CT molecular complexity index is 515. The molecule has 0 aliphatic rings. The lowest BCUT2D eigenvalue weighted by atomic mass is 10.1. The molecule has 0 radical (unpaired) electrons. The van der Waals surface area contributed by atoms with E-state index in [1.54, 1.807) is 0 Å². The summed E-state index contributed by atoms with van der Waals surface area (Å²) in [6.45, 7) is 2.52. The minimum absolute atomic E-state index is 0.0397. The molecule has 0 heterocycles. The summed E-state index contributed by atoms with van der Waals surface area (Å²) in [6.07, 6.45) is 0.0306. The molecule has 0 spiro atoms. The summed E-state index contributed by atoms with van der Waals surface area (Å²) >= 11 is 0. The number of hydrogen-bond donors (Lipinski definition) is 1. The molecule has 6 nitrogen and oxygen atoms in total. The van der Waals surface area contributed by atoms with E-state index in [9.17, 15) is 14.4 Å². The van der Waals surface area contributed by atoms with Crippen molar-refractivity contribution in [2.24, 2.45) is 0 Å². The third-order valence-electron chi connectivity index (χ3n) is 3.13. The second kappa shape index (κ2) is 10.4. The molecule has 23 heavy (non-hydrogen) atoms. The molecule has 0 aromatic heterocycles. The topological polar surface area (TPSA) is 81.7 Å². The van der Waals surface area contributed by atoms with Crippen LogP contribution in [0, 0.1) is 0 Å². The third-order valence-corrected chi connectivity index (χ3v) is 3.13. The minimum atomic E-state index is -1.01. The van der Waals surface area contributed by atoms with Crippen molar-refractivity contribution >= 4 is 17.8 Å². The molecule has 126 valence electrons. The van der Waals surface area contributed by atoms with Crippen LogP contribution in [0.5, 0.6) is 0 Å². The van der Waals surface area contributed by atoms with E-state index in [1.807, 2.05) is 37.3 Å². The number of carbonyl (C=O) groups is 3. The van der Waals surface area contributed by atoms with Crippen LogP contribution in [0.3, 0.4) is 0 Å². The van der Waals surface area contributed by atoms with Gasteiger partial charge in [-0.25, -0.2) is 4.79 Å². The average molecular weight is 321 g/mol. The number of amides is 1. The number of carbonyl (C=O) groups excluding carboxylic acids is 3. The van der Waals surface area contributed by atoms with Gasteiger partial charge in [0.1, 0.15) is 0 Å². The zero-order valence-corrected chi connectivity index (χ0v) is 13.5. The highest BCUT2D eigenvalue weighted by atomic mass is 16.6. The van der Waals surface area contributed by atoms with Gasteiger partial charge < -0.3 is 14.8 Å². The maximum atomic E-state index is 11.8. The van der Waals surface area contributed by atoms with Gasteiger partial charge in [0.25, 0.3) is 0 Å². The standard InChI is InChI=1S/C17H23NO5/c1-3-11-18-15(19)9-10-16(20)23-14(17(21)22-2)12-13-7-5-4-6-8-13/h4-8,14H,3,9-12H2,1-2H3,(H,18,19)/t14-/m0/s1. The molecule has 1 atom stereocenters. The minimum Gasteiger partial charge on any atom is -0.466 e. The highest BCUT2D eigenvalue weighted by Gasteiger charge is 2.24. The van der Waals surface area contributed by atoms with E-state index in [2.05, 4.69) is 10.1 Å². The smallest absolute Gasteiger partial charge is 0.347 e. The summed E-state index contributed by atoms with van der Waals surface area (Å²) in [6, 6.07) is 9.20. The normalized spacial score (nSPS) is 11.4. The van der Waals surface area contributed by atoms with Crippen LogP contribution in [0.15, 0.2) is 30.3 Å². The average Bonchev–Trinajstić information content (AvgIpc) is 2.57. The molecule has 1 N–H and O–H groups in total. The highest BCUT2D eigenvalue weighted by Crippen LogP contribution is 2.09. The first-order chi connectivity index (χ1) is 11.1. The molecule has 1 rings (SSSR count). The van der Waals surface area contributed by atoms with Gasteiger partial charge in [-0.3, -0.25) is 9.59 Å². The first-order valence-electron chi connectivity index (χ1n) is 7.64. The van der Waals surface area contributed by atoms with Crippen molar-refractivity contribution < 1.29 is 23.9 Å². The Morgan fingerprint density at radius 1 is 1.13 bits per heavy atom. The zero-order valence-electron chi connectivity index (χ0n) is 13.5. The molecule has 1 aromatic rings. The lowest BCUT2D eigenvalue weighted by Crippen LogP contribution is -2.31. The first kappa shape index (κ1) is 18.7.